The van der Waals surface area contributed by atoms with Crippen molar-refractivity contribution in [2.75, 3.05) is 6.61 Å². The van der Waals surface area contributed by atoms with Crippen LogP contribution in [0.5, 0.6) is 5.75 Å². The summed E-state index contributed by atoms with van der Waals surface area (Å²) in [5, 5.41) is 10.8. The zero-order valence-electron chi connectivity index (χ0n) is 10.5. The fourth-order valence-electron chi connectivity index (χ4n) is 1.30. The van der Waals surface area contributed by atoms with E-state index in [9.17, 15) is 19.3 Å². The fourth-order valence-corrected chi connectivity index (χ4v) is 1.63. The van der Waals surface area contributed by atoms with Gasteiger partial charge in [0.05, 0.1) is 9.40 Å². The molecule has 5 nitrogen and oxygen atoms in total. The van der Waals surface area contributed by atoms with Crippen molar-refractivity contribution in [2.24, 2.45) is 5.92 Å². The molecule has 0 aliphatic carbocycles. The number of ether oxygens (including phenoxy) is 1. The van der Waals surface area contributed by atoms with Gasteiger partial charge in [-0.3, -0.25) is 14.9 Å². The Kier molecular flexibility index (Phi) is 5.41. The average molecular weight is 334 g/mol. The molecular weight excluding hydrogens is 321 g/mol. The number of carbonyl (C=O) groups is 1. The van der Waals surface area contributed by atoms with E-state index >= 15 is 0 Å². The Morgan fingerprint density at radius 3 is 2.74 bits per heavy atom. The average Bonchev–Trinajstić information content (AvgIpc) is 2.37. The number of hydrogen-bond donors (Lipinski definition) is 0. The molecule has 0 aromatic heterocycles. The number of ketones is 1. The number of benzene rings is 1. The summed E-state index contributed by atoms with van der Waals surface area (Å²) in [5.74, 6) is -1.31. The van der Waals surface area contributed by atoms with Gasteiger partial charge in [0.2, 0.25) is 5.75 Å². The number of nitrogens with zero attached hydrogens (tertiary/aromatic N) is 1. The van der Waals surface area contributed by atoms with Crippen LogP contribution in [-0.4, -0.2) is 17.3 Å². The normalized spacial score (nSPS) is 12.0. The van der Waals surface area contributed by atoms with Gasteiger partial charge >= 0.3 is 5.69 Å². The fraction of sp³-hybridized carbons (Fsp3) is 0.417. The molecule has 0 saturated heterocycles. The summed E-state index contributed by atoms with van der Waals surface area (Å²) in [4.78, 5) is 21.7. The number of Topliss-reactive ketones (excluding diaryl/α,β-unsaturated/α-hetero) is 1. The van der Waals surface area contributed by atoms with Crippen molar-refractivity contribution in [3.8, 4) is 5.75 Å². The van der Waals surface area contributed by atoms with Gasteiger partial charge in [-0.05, 0) is 22.4 Å². The van der Waals surface area contributed by atoms with Crippen LogP contribution in [0.15, 0.2) is 16.6 Å². The van der Waals surface area contributed by atoms with Gasteiger partial charge in [0.15, 0.2) is 5.78 Å². The van der Waals surface area contributed by atoms with Gasteiger partial charge in [0.25, 0.3) is 0 Å². The van der Waals surface area contributed by atoms with E-state index in [1.807, 2.05) is 6.92 Å². The lowest BCUT2D eigenvalue weighted by Crippen LogP contribution is -2.19. The molecule has 0 saturated carbocycles. The van der Waals surface area contributed by atoms with E-state index < -0.39 is 10.7 Å². The molecule has 7 heteroatoms. The van der Waals surface area contributed by atoms with Crippen LogP contribution in [-0.2, 0) is 4.79 Å². The van der Waals surface area contributed by atoms with Crippen LogP contribution in [0.4, 0.5) is 10.1 Å². The van der Waals surface area contributed by atoms with Gasteiger partial charge in [-0.15, -0.1) is 0 Å². The van der Waals surface area contributed by atoms with E-state index in [4.69, 9.17) is 4.74 Å². The summed E-state index contributed by atoms with van der Waals surface area (Å²) in [6.45, 7) is 3.28. The molecule has 0 heterocycles. The van der Waals surface area contributed by atoms with Gasteiger partial charge in [-0.1, -0.05) is 13.8 Å². The standard InChI is InChI=1S/C12H13BrFNO4/c1-3-7(2)11(16)6-19-12-5-9(14)8(13)4-10(12)15(17)18/h4-5,7H,3,6H2,1-2H3. The van der Waals surface area contributed by atoms with Crippen molar-refractivity contribution in [3.05, 3.63) is 32.5 Å². The van der Waals surface area contributed by atoms with Gasteiger partial charge in [-0.25, -0.2) is 4.39 Å². The SMILES string of the molecule is CCC(C)C(=O)COc1cc(F)c(Br)cc1[N+](=O)[O-]. The Balaban J connectivity index is 2.91. The maximum atomic E-state index is 13.3. The molecule has 0 aliphatic rings. The number of halogens is 2. The lowest BCUT2D eigenvalue weighted by molar-refractivity contribution is -0.385. The van der Waals surface area contributed by atoms with E-state index in [2.05, 4.69) is 15.9 Å². The molecule has 19 heavy (non-hydrogen) atoms. The largest absolute Gasteiger partial charge is 0.479 e. The molecule has 0 spiro atoms. The molecule has 1 aromatic rings. The summed E-state index contributed by atoms with van der Waals surface area (Å²) in [7, 11) is 0. The quantitative estimate of drug-likeness (QED) is 0.590. The highest BCUT2D eigenvalue weighted by atomic mass is 79.9. The molecule has 1 atom stereocenters. The van der Waals surface area contributed by atoms with Crippen molar-refractivity contribution in [1.82, 2.24) is 0 Å². The minimum absolute atomic E-state index is 0.0280. The Hall–Kier alpha value is -1.50. The molecule has 0 N–H and O–H groups in total. The van der Waals surface area contributed by atoms with Crippen LogP contribution in [0.3, 0.4) is 0 Å². The van der Waals surface area contributed by atoms with Crippen LogP contribution >= 0.6 is 15.9 Å². The number of nitro groups is 1. The van der Waals surface area contributed by atoms with Crippen LogP contribution < -0.4 is 4.74 Å². The molecule has 0 amide bonds. The Morgan fingerprint density at radius 1 is 1.58 bits per heavy atom. The monoisotopic (exact) mass is 333 g/mol. The topological polar surface area (TPSA) is 69.4 Å². The highest BCUT2D eigenvalue weighted by Crippen LogP contribution is 2.32. The van der Waals surface area contributed by atoms with Crippen molar-refractivity contribution in [2.45, 2.75) is 20.3 Å². The first-order valence-corrected chi connectivity index (χ1v) is 6.45. The van der Waals surface area contributed by atoms with Crippen LogP contribution in [0.25, 0.3) is 0 Å². The molecule has 1 rings (SSSR count). The smallest absolute Gasteiger partial charge is 0.312 e. The van der Waals surface area contributed by atoms with E-state index in [1.54, 1.807) is 6.92 Å². The lowest BCUT2D eigenvalue weighted by Gasteiger charge is -2.10. The highest BCUT2D eigenvalue weighted by molar-refractivity contribution is 9.10. The minimum atomic E-state index is -0.687. The van der Waals surface area contributed by atoms with E-state index in [0.29, 0.717) is 6.42 Å². The van der Waals surface area contributed by atoms with Crippen molar-refractivity contribution >= 4 is 27.4 Å². The second kappa shape index (κ2) is 6.60. The summed E-state index contributed by atoms with van der Waals surface area (Å²) in [6, 6.07) is 1.91. The van der Waals surface area contributed by atoms with Crippen molar-refractivity contribution in [3.63, 3.8) is 0 Å². The van der Waals surface area contributed by atoms with Crippen molar-refractivity contribution < 1.29 is 18.8 Å². The molecule has 104 valence electrons. The highest BCUT2D eigenvalue weighted by Gasteiger charge is 2.20. The minimum Gasteiger partial charge on any atom is -0.479 e. The van der Waals surface area contributed by atoms with Gasteiger partial charge in [0.1, 0.15) is 12.4 Å². The van der Waals surface area contributed by atoms with Crippen LogP contribution in [0, 0.1) is 21.8 Å². The summed E-state index contributed by atoms with van der Waals surface area (Å²) < 4.78 is 18.4. The first kappa shape index (κ1) is 15.6. The number of carbonyl (C=O) groups excluding carboxylic acids is 1. The number of rotatable bonds is 6. The Labute approximate surface area is 118 Å². The van der Waals surface area contributed by atoms with E-state index in [0.717, 1.165) is 12.1 Å². The first-order chi connectivity index (χ1) is 8.86. The van der Waals surface area contributed by atoms with Gasteiger partial charge in [-0.2, -0.15) is 0 Å². The predicted molar refractivity (Wildman–Crippen MR) is 70.7 cm³/mol. The maximum absolute atomic E-state index is 13.3. The lowest BCUT2D eigenvalue weighted by atomic mass is 10.0. The predicted octanol–water partition coefficient (Wildman–Crippen LogP) is 3.49. The second-order valence-corrected chi connectivity index (χ2v) is 4.91. The van der Waals surface area contributed by atoms with Gasteiger partial charge < -0.3 is 4.74 Å². The summed E-state index contributed by atoms with van der Waals surface area (Å²) in [5.41, 5.74) is -0.384. The molecule has 0 bridgehead atoms. The third-order valence-corrected chi connectivity index (χ3v) is 3.34. The van der Waals surface area contributed by atoms with E-state index in [1.165, 1.54) is 0 Å². The van der Waals surface area contributed by atoms with E-state index in [-0.39, 0.29) is 34.2 Å². The van der Waals surface area contributed by atoms with Crippen molar-refractivity contribution in [1.29, 1.82) is 0 Å². The zero-order chi connectivity index (χ0) is 14.6. The molecular formula is C12H13BrFNO4. The summed E-state index contributed by atoms with van der Waals surface area (Å²) >= 11 is 2.86. The third kappa shape index (κ3) is 3.99. The molecule has 0 aliphatic heterocycles. The van der Waals surface area contributed by atoms with Crippen LogP contribution in [0.1, 0.15) is 20.3 Å². The zero-order valence-corrected chi connectivity index (χ0v) is 12.1. The molecule has 1 aromatic carbocycles. The third-order valence-electron chi connectivity index (χ3n) is 2.73. The Morgan fingerprint density at radius 2 is 2.21 bits per heavy atom. The number of hydrogen-bond acceptors (Lipinski definition) is 4. The number of nitro benzene ring substituents is 1. The van der Waals surface area contributed by atoms with Crippen LogP contribution in [0.2, 0.25) is 0 Å². The molecule has 0 fully saturated rings. The first-order valence-electron chi connectivity index (χ1n) is 5.65. The Bertz CT molecular complexity index is 507. The second-order valence-electron chi connectivity index (χ2n) is 4.06. The maximum Gasteiger partial charge on any atom is 0.312 e. The molecule has 1 unspecified atom stereocenters. The molecule has 0 radical (unpaired) electrons. The van der Waals surface area contributed by atoms with Gasteiger partial charge in [0, 0.05) is 18.1 Å². The summed E-state index contributed by atoms with van der Waals surface area (Å²) in [6.07, 6.45) is 0.652.